The highest BCUT2D eigenvalue weighted by molar-refractivity contribution is 5.23. The van der Waals surface area contributed by atoms with E-state index >= 15 is 0 Å². The molecule has 1 rings (SSSR count). The van der Waals surface area contributed by atoms with E-state index in [1.807, 2.05) is 26.1 Å². The molecule has 15 heavy (non-hydrogen) atoms. The van der Waals surface area contributed by atoms with E-state index in [-0.39, 0.29) is 12.6 Å². The number of aliphatic hydroxyl groups is 1. The number of benzene rings is 1. The van der Waals surface area contributed by atoms with E-state index in [1.165, 1.54) is 5.56 Å². The maximum Gasteiger partial charge on any atom is 0.0584 e. The Morgan fingerprint density at radius 1 is 1.40 bits per heavy atom. The third-order valence-corrected chi connectivity index (χ3v) is 2.68. The number of hydrogen-bond donors (Lipinski definition) is 2. The first kappa shape index (κ1) is 12.2. The molecular formula is C12H20N2O. The number of rotatable bonds is 5. The van der Waals surface area contributed by atoms with Crippen LogP contribution in [0, 0.1) is 0 Å². The van der Waals surface area contributed by atoms with Crippen LogP contribution in [0.2, 0.25) is 0 Å². The predicted molar refractivity (Wildman–Crippen MR) is 62.3 cm³/mol. The molecule has 0 saturated carbocycles. The monoisotopic (exact) mass is 208 g/mol. The SMILES string of the molecule is CC(CO)N(C)Cc1cccc(CN)c1. The molecule has 84 valence electrons. The van der Waals surface area contributed by atoms with Crippen molar-refractivity contribution < 1.29 is 5.11 Å². The molecule has 0 amide bonds. The quantitative estimate of drug-likeness (QED) is 0.757. The Labute approximate surface area is 91.5 Å². The normalized spacial score (nSPS) is 13.1. The highest BCUT2D eigenvalue weighted by Crippen LogP contribution is 2.08. The Balaban J connectivity index is 2.63. The Morgan fingerprint density at radius 2 is 2.07 bits per heavy atom. The standard InChI is InChI=1S/C12H20N2O/c1-10(9-15)14(2)8-12-5-3-4-11(6-12)7-13/h3-6,10,15H,7-9,13H2,1-2H3. The predicted octanol–water partition coefficient (Wildman–Crippen LogP) is 0.958. The maximum absolute atomic E-state index is 9.02. The van der Waals surface area contributed by atoms with Crippen molar-refractivity contribution in [1.29, 1.82) is 0 Å². The highest BCUT2D eigenvalue weighted by Gasteiger charge is 2.07. The van der Waals surface area contributed by atoms with E-state index < -0.39 is 0 Å². The van der Waals surface area contributed by atoms with Crippen molar-refractivity contribution in [2.24, 2.45) is 5.73 Å². The molecule has 0 aromatic heterocycles. The topological polar surface area (TPSA) is 49.5 Å². The van der Waals surface area contributed by atoms with Crippen LogP contribution in [0.1, 0.15) is 18.1 Å². The summed E-state index contributed by atoms with van der Waals surface area (Å²) in [4.78, 5) is 2.12. The molecule has 1 aromatic rings. The lowest BCUT2D eigenvalue weighted by Gasteiger charge is -2.22. The van der Waals surface area contributed by atoms with Crippen LogP contribution in [0.5, 0.6) is 0 Å². The summed E-state index contributed by atoms with van der Waals surface area (Å²) in [6.07, 6.45) is 0. The summed E-state index contributed by atoms with van der Waals surface area (Å²) in [5.74, 6) is 0. The van der Waals surface area contributed by atoms with Gasteiger partial charge in [0.05, 0.1) is 6.61 Å². The molecule has 1 unspecified atom stereocenters. The largest absolute Gasteiger partial charge is 0.395 e. The molecular weight excluding hydrogens is 188 g/mol. The van der Waals surface area contributed by atoms with Crippen LogP contribution in [-0.2, 0) is 13.1 Å². The van der Waals surface area contributed by atoms with E-state index in [2.05, 4.69) is 17.0 Å². The average Bonchev–Trinajstić information content (AvgIpc) is 2.28. The van der Waals surface area contributed by atoms with Gasteiger partial charge in [-0.25, -0.2) is 0 Å². The Bertz CT molecular complexity index is 301. The molecule has 1 aromatic carbocycles. The van der Waals surface area contributed by atoms with Crippen LogP contribution in [0.4, 0.5) is 0 Å². The summed E-state index contributed by atoms with van der Waals surface area (Å²) >= 11 is 0. The van der Waals surface area contributed by atoms with Crippen molar-refractivity contribution in [1.82, 2.24) is 4.90 Å². The van der Waals surface area contributed by atoms with Gasteiger partial charge in [0.1, 0.15) is 0 Å². The molecule has 0 saturated heterocycles. The van der Waals surface area contributed by atoms with Crippen LogP contribution in [0.3, 0.4) is 0 Å². The van der Waals surface area contributed by atoms with Crippen molar-refractivity contribution in [3.8, 4) is 0 Å². The van der Waals surface area contributed by atoms with Gasteiger partial charge in [-0.15, -0.1) is 0 Å². The first-order valence-corrected chi connectivity index (χ1v) is 5.26. The van der Waals surface area contributed by atoms with E-state index in [0.29, 0.717) is 6.54 Å². The second-order valence-electron chi connectivity index (χ2n) is 3.97. The molecule has 3 N–H and O–H groups in total. The van der Waals surface area contributed by atoms with Gasteiger partial charge in [0.15, 0.2) is 0 Å². The first-order valence-electron chi connectivity index (χ1n) is 5.26. The zero-order valence-corrected chi connectivity index (χ0v) is 9.48. The molecule has 1 atom stereocenters. The van der Waals surface area contributed by atoms with Gasteiger partial charge in [-0.3, -0.25) is 4.90 Å². The lowest BCUT2D eigenvalue weighted by atomic mass is 10.1. The maximum atomic E-state index is 9.02. The van der Waals surface area contributed by atoms with Gasteiger partial charge in [-0.05, 0) is 25.1 Å². The fourth-order valence-electron chi connectivity index (χ4n) is 1.44. The molecule has 3 nitrogen and oxygen atoms in total. The van der Waals surface area contributed by atoms with Crippen molar-refractivity contribution >= 4 is 0 Å². The van der Waals surface area contributed by atoms with Crippen molar-refractivity contribution in [3.63, 3.8) is 0 Å². The smallest absolute Gasteiger partial charge is 0.0584 e. The van der Waals surface area contributed by atoms with Crippen LogP contribution in [0.15, 0.2) is 24.3 Å². The number of likely N-dealkylation sites (N-methyl/N-ethyl adjacent to an activating group) is 1. The van der Waals surface area contributed by atoms with Crippen LogP contribution in [-0.4, -0.2) is 29.7 Å². The summed E-state index contributed by atoms with van der Waals surface area (Å²) in [5.41, 5.74) is 7.97. The molecule has 0 aliphatic heterocycles. The Morgan fingerprint density at radius 3 is 2.67 bits per heavy atom. The first-order chi connectivity index (χ1) is 7.17. The minimum absolute atomic E-state index is 0.187. The Kier molecular flexibility index (Phi) is 4.75. The van der Waals surface area contributed by atoms with Crippen molar-refractivity contribution in [3.05, 3.63) is 35.4 Å². The lowest BCUT2D eigenvalue weighted by molar-refractivity contribution is 0.154. The molecule has 0 fully saturated rings. The summed E-state index contributed by atoms with van der Waals surface area (Å²) < 4.78 is 0. The minimum Gasteiger partial charge on any atom is -0.395 e. The molecule has 0 aliphatic carbocycles. The fraction of sp³-hybridized carbons (Fsp3) is 0.500. The second kappa shape index (κ2) is 5.85. The van der Waals surface area contributed by atoms with E-state index in [9.17, 15) is 0 Å². The number of nitrogens with two attached hydrogens (primary N) is 1. The third kappa shape index (κ3) is 3.63. The van der Waals surface area contributed by atoms with Gasteiger partial charge in [0, 0.05) is 19.1 Å². The molecule has 0 radical (unpaired) electrons. The van der Waals surface area contributed by atoms with Crippen molar-refractivity contribution in [2.45, 2.75) is 26.1 Å². The van der Waals surface area contributed by atoms with Crippen LogP contribution in [0.25, 0.3) is 0 Å². The average molecular weight is 208 g/mol. The highest BCUT2D eigenvalue weighted by atomic mass is 16.3. The van der Waals surface area contributed by atoms with E-state index in [0.717, 1.165) is 12.1 Å². The zero-order valence-electron chi connectivity index (χ0n) is 9.48. The van der Waals surface area contributed by atoms with Gasteiger partial charge in [0.2, 0.25) is 0 Å². The summed E-state index contributed by atoms with van der Waals surface area (Å²) in [7, 11) is 2.01. The Hall–Kier alpha value is -0.900. The third-order valence-electron chi connectivity index (χ3n) is 2.68. The van der Waals surface area contributed by atoms with Gasteiger partial charge >= 0.3 is 0 Å². The molecule has 0 bridgehead atoms. The van der Waals surface area contributed by atoms with Gasteiger partial charge in [0.25, 0.3) is 0 Å². The van der Waals surface area contributed by atoms with Crippen molar-refractivity contribution in [2.75, 3.05) is 13.7 Å². The van der Waals surface area contributed by atoms with Gasteiger partial charge < -0.3 is 10.8 Å². The fourth-order valence-corrected chi connectivity index (χ4v) is 1.44. The molecule has 0 aliphatic rings. The summed E-state index contributed by atoms with van der Waals surface area (Å²) in [6.45, 7) is 3.61. The lowest BCUT2D eigenvalue weighted by Crippen LogP contribution is -2.31. The van der Waals surface area contributed by atoms with E-state index in [4.69, 9.17) is 10.8 Å². The van der Waals surface area contributed by atoms with Crippen LogP contribution >= 0.6 is 0 Å². The minimum atomic E-state index is 0.187. The molecule has 3 heteroatoms. The second-order valence-corrected chi connectivity index (χ2v) is 3.97. The van der Waals surface area contributed by atoms with Gasteiger partial charge in [-0.2, -0.15) is 0 Å². The van der Waals surface area contributed by atoms with Gasteiger partial charge in [-0.1, -0.05) is 24.3 Å². The number of hydrogen-bond acceptors (Lipinski definition) is 3. The molecule has 0 spiro atoms. The van der Waals surface area contributed by atoms with E-state index in [1.54, 1.807) is 0 Å². The summed E-state index contributed by atoms with van der Waals surface area (Å²) in [6, 6.07) is 8.43. The number of aliphatic hydroxyl groups excluding tert-OH is 1. The summed E-state index contributed by atoms with van der Waals surface area (Å²) in [5, 5.41) is 9.02. The molecule has 0 heterocycles. The number of nitrogens with zero attached hydrogens (tertiary/aromatic N) is 1. The zero-order chi connectivity index (χ0) is 11.3. The van der Waals surface area contributed by atoms with Crippen LogP contribution < -0.4 is 5.73 Å².